The Labute approximate surface area is 135 Å². The molecule has 8 nitrogen and oxygen atoms in total. The fraction of sp³-hybridized carbons (Fsp3) is 0.125. The average Bonchev–Trinajstić information content (AvgIpc) is 3.19. The summed E-state index contributed by atoms with van der Waals surface area (Å²) in [5.41, 5.74) is 1.39. The molecule has 0 spiro atoms. The van der Waals surface area contributed by atoms with Crippen molar-refractivity contribution < 1.29 is 9.90 Å². The van der Waals surface area contributed by atoms with Crippen molar-refractivity contribution >= 4 is 22.9 Å². The highest BCUT2D eigenvalue weighted by Gasteiger charge is 2.18. The Morgan fingerprint density at radius 2 is 2.00 bits per heavy atom. The molecule has 4 aromatic rings. The number of nitrogens with zero attached hydrogens (tertiary/aromatic N) is 5. The van der Waals surface area contributed by atoms with Crippen LogP contribution in [0.1, 0.15) is 16.1 Å². The number of benzene rings is 1. The number of hydrogen-bond donors (Lipinski definition) is 1. The van der Waals surface area contributed by atoms with Crippen molar-refractivity contribution in [3.05, 3.63) is 64.5 Å². The maximum absolute atomic E-state index is 12.8. The van der Waals surface area contributed by atoms with Crippen molar-refractivity contribution in [2.75, 3.05) is 0 Å². The van der Waals surface area contributed by atoms with E-state index in [1.165, 1.54) is 10.6 Å². The summed E-state index contributed by atoms with van der Waals surface area (Å²) in [6.07, 6.45) is 2.84. The molecule has 0 saturated carbocycles. The van der Waals surface area contributed by atoms with E-state index in [1.807, 2.05) is 30.3 Å². The third-order valence-electron chi connectivity index (χ3n) is 3.96. The molecule has 8 heteroatoms. The normalized spacial score (nSPS) is 11.4. The van der Waals surface area contributed by atoms with Crippen LogP contribution in [-0.2, 0) is 13.6 Å². The lowest BCUT2D eigenvalue weighted by atomic mass is 10.2. The van der Waals surface area contributed by atoms with Gasteiger partial charge in [-0.25, -0.2) is 19.2 Å². The van der Waals surface area contributed by atoms with Crippen LogP contribution in [-0.4, -0.2) is 34.6 Å². The lowest BCUT2D eigenvalue weighted by Crippen LogP contribution is -2.19. The number of carbonyl (C=O) groups is 1. The van der Waals surface area contributed by atoms with E-state index in [9.17, 15) is 9.59 Å². The van der Waals surface area contributed by atoms with E-state index in [0.29, 0.717) is 17.7 Å². The second kappa shape index (κ2) is 5.05. The third kappa shape index (κ3) is 2.00. The number of aromatic carboxylic acids is 1. The van der Waals surface area contributed by atoms with E-state index in [0.717, 1.165) is 5.56 Å². The van der Waals surface area contributed by atoms with Gasteiger partial charge in [-0.1, -0.05) is 30.3 Å². The lowest BCUT2D eigenvalue weighted by Gasteiger charge is -2.06. The van der Waals surface area contributed by atoms with Crippen LogP contribution in [0.15, 0.2) is 47.7 Å². The number of hydrogen-bond acceptors (Lipinski definition) is 4. The fourth-order valence-corrected chi connectivity index (χ4v) is 2.80. The minimum Gasteiger partial charge on any atom is -0.476 e. The SMILES string of the molecule is Cn1c2ncn(Cc3ccccc3)c2c(=O)n2cc(C(=O)O)nc12. The molecule has 120 valence electrons. The average molecular weight is 323 g/mol. The van der Waals surface area contributed by atoms with Crippen LogP contribution >= 0.6 is 0 Å². The van der Waals surface area contributed by atoms with Crippen LogP contribution in [0.4, 0.5) is 0 Å². The van der Waals surface area contributed by atoms with Gasteiger partial charge in [0.15, 0.2) is 16.9 Å². The Hall–Kier alpha value is -3.42. The van der Waals surface area contributed by atoms with Gasteiger partial charge in [0.1, 0.15) is 0 Å². The number of carboxylic acids is 1. The summed E-state index contributed by atoms with van der Waals surface area (Å²) >= 11 is 0. The molecule has 0 fully saturated rings. The number of aromatic nitrogens is 5. The third-order valence-corrected chi connectivity index (χ3v) is 3.96. The van der Waals surface area contributed by atoms with Gasteiger partial charge in [0.2, 0.25) is 5.78 Å². The molecule has 0 atom stereocenters. The maximum atomic E-state index is 12.8. The van der Waals surface area contributed by atoms with Crippen molar-refractivity contribution in [3.8, 4) is 0 Å². The summed E-state index contributed by atoms with van der Waals surface area (Å²) in [6.45, 7) is 0.499. The van der Waals surface area contributed by atoms with Crippen molar-refractivity contribution in [2.24, 2.45) is 7.05 Å². The van der Waals surface area contributed by atoms with Crippen molar-refractivity contribution in [2.45, 2.75) is 6.54 Å². The summed E-state index contributed by atoms with van der Waals surface area (Å²) in [5, 5.41) is 9.10. The standard InChI is InChI=1S/C16H13N5O3/c1-19-13-12(14(22)21-8-11(15(23)24)18-16(19)21)20(9-17-13)7-10-5-3-2-4-6-10/h2-6,8-9H,7H2,1H3,(H,23,24). The molecule has 0 amide bonds. The van der Waals surface area contributed by atoms with E-state index in [1.54, 1.807) is 22.5 Å². The van der Waals surface area contributed by atoms with Crippen molar-refractivity contribution in [1.82, 2.24) is 23.5 Å². The van der Waals surface area contributed by atoms with Crippen LogP contribution in [0, 0.1) is 0 Å². The first-order valence-corrected chi connectivity index (χ1v) is 7.26. The van der Waals surface area contributed by atoms with Gasteiger partial charge in [0.25, 0.3) is 5.56 Å². The quantitative estimate of drug-likeness (QED) is 0.610. The molecule has 0 radical (unpaired) electrons. The largest absolute Gasteiger partial charge is 0.476 e. The van der Waals surface area contributed by atoms with Gasteiger partial charge in [0, 0.05) is 19.8 Å². The van der Waals surface area contributed by atoms with E-state index in [2.05, 4.69) is 9.97 Å². The first-order valence-electron chi connectivity index (χ1n) is 7.26. The molecule has 1 aromatic carbocycles. The molecule has 0 aliphatic heterocycles. The Balaban J connectivity index is 1.98. The highest BCUT2D eigenvalue weighted by molar-refractivity contribution is 5.86. The van der Waals surface area contributed by atoms with E-state index in [-0.39, 0.29) is 17.0 Å². The number of imidazole rings is 2. The van der Waals surface area contributed by atoms with Gasteiger partial charge >= 0.3 is 5.97 Å². The Morgan fingerprint density at radius 3 is 2.71 bits per heavy atom. The molecule has 0 unspecified atom stereocenters. The first-order chi connectivity index (χ1) is 11.6. The summed E-state index contributed by atoms with van der Waals surface area (Å²) < 4.78 is 4.62. The van der Waals surface area contributed by atoms with Crippen LogP contribution in [0.2, 0.25) is 0 Å². The molecular weight excluding hydrogens is 310 g/mol. The number of aryl methyl sites for hydroxylation is 1. The lowest BCUT2D eigenvalue weighted by molar-refractivity contribution is 0.0691. The van der Waals surface area contributed by atoms with Gasteiger partial charge in [0.05, 0.1) is 6.33 Å². The van der Waals surface area contributed by atoms with Crippen molar-refractivity contribution in [3.63, 3.8) is 0 Å². The van der Waals surface area contributed by atoms with Crippen LogP contribution in [0.3, 0.4) is 0 Å². The van der Waals surface area contributed by atoms with Crippen molar-refractivity contribution in [1.29, 1.82) is 0 Å². The molecule has 0 aliphatic rings. The molecule has 0 bridgehead atoms. The van der Waals surface area contributed by atoms with E-state index >= 15 is 0 Å². The molecule has 1 N–H and O–H groups in total. The maximum Gasteiger partial charge on any atom is 0.356 e. The molecule has 0 aliphatic carbocycles. The molecule has 3 heterocycles. The first kappa shape index (κ1) is 14.2. The van der Waals surface area contributed by atoms with Crippen LogP contribution in [0.25, 0.3) is 16.9 Å². The number of fused-ring (bicyclic) bond motifs is 2. The minimum atomic E-state index is -1.18. The van der Waals surface area contributed by atoms with Crippen LogP contribution < -0.4 is 5.56 Å². The molecule has 3 aromatic heterocycles. The summed E-state index contributed by atoms with van der Waals surface area (Å²) in [6, 6.07) is 9.72. The van der Waals surface area contributed by atoms with E-state index < -0.39 is 5.97 Å². The fourth-order valence-electron chi connectivity index (χ4n) is 2.80. The summed E-state index contributed by atoms with van der Waals surface area (Å²) in [7, 11) is 1.70. The second-order valence-electron chi connectivity index (χ2n) is 5.50. The number of carboxylic acid groups (broad SMARTS) is 1. The zero-order chi connectivity index (χ0) is 16.8. The molecular formula is C16H13N5O3. The topological polar surface area (TPSA) is 94.4 Å². The van der Waals surface area contributed by atoms with Crippen LogP contribution in [0.5, 0.6) is 0 Å². The molecule has 4 rings (SSSR count). The smallest absolute Gasteiger partial charge is 0.356 e. The van der Waals surface area contributed by atoms with Gasteiger partial charge in [-0.05, 0) is 5.56 Å². The van der Waals surface area contributed by atoms with Gasteiger partial charge in [-0.15, -0.1) is 0 Å². The van der Waals surface area contributed by atoms with E-state index in [4.69, 9.17) is 5.11 Å². The zero-order valence-electron chi connectivity index (χ0n) is 12.7. The monoisotopic (exact) mass is 323 g/mol. The predicted molar refractivity (Wildman–Crippen MR) is 86.2 cm³/mol. The summed E-state index contributed by atoms with van der Waals surface area (Å²) in [5.74, 6) is -0.933. The van der Waals surface area contributed by atoms with Gasteiger partial charge in [-0.3, -0.25) is 9.36 Å². The summed E-state index contributed by atoms with van der Waals surface area (Å²) in [4.78, 5) is 32.2. The minimum absolute atomic E-state index is 0.176. The highest BCUT2D eigenvalue weighted by atomic mass is 16.4. The Bertz CT molecular complexity index is 1140. The number of rotatable bonds is 3. The van der Waals surface area contributed by atoms with Gasteiger partial charge in [-0.2, -0.15) is 0 Å². The Morgan fingerprint density at radius 1 is 1.25 bits per heavy atom. The predicted octanol–water partition coefficient (Wildman–Crippen LogP) is 1.13. The second-order valence-corrected chi connectivity index (χ2v) is 5.50. The Kier molecular flexibility index (Phi) is 2.99. The highest BCUT2D eigenvalue weighted by Crippen LogP contribution is 2.14. The molecule has 24 heavy (non-hydrogen) atoms. The molecule has 0 saturated heterocycles. The zero-order valence-corrected chi connectivity index (χ0v) is 12.7. The van der Waals surface area contributed by atoms with Gasteiger partial charge < -0.3 is 9.67 Å².